The van der Waals surface area contributed by atoms with E-state index in [-0.39, 0.29) is 6.23 Å². The summed E-state index contributed by atoms with van der Waals surface area (Å²) in [5.74, 6) is 2.42. The number of hydrogen-bond donors (Lipinski definition) is 1. The van der Waals surface area contributed by atoms with Crippen LogP contribution in [0.15, 0.2) is 40.6 Å². The van der Waals surface area contributed by atoms with E-state index in [2.05, 4.69) is 64.9 Å². The minimum Gasteiger partial charge on any atom is -0.493 e. The van der Waals surface area contributed by atoms with E-state index < -0.39 is 0 Å². The van der Waals surface area contributed by atoms with Crippen molar-refractivity contribution in [2.45, 2.75) is 51.3 Å². The molecular weight excluding hydrogens is 440 g/mol. The van der Waals surface area contributed by atoms with Crippen LogP contribution in [0.1, 0.15) is 43.4 Å². The fourth-order valence-corrected chi connectivity index (χ4v) is 5.15. The number of methoxy groups -OCH3 is 1. The summed E-state index contributed by atoms with van der Waals surface area (Å²) in [5.41, 5.74) is 4.43. The fraction of sp³-hybridized carbons (Fsp3) is 0.607. The van der Waals surface area contributed by atoms with E-state index in [9.17, 15) is 0 Å². The number of nitrogens with one attached hydrogen (secondary N) is 1. The predicted molar refractivity (Wildman–Crippen MR) is 138 cm³/mol. The predicted octanol–water partition coefficient (Wildman–Crippen LogP) is 4.34. The summed E-state index contributed by atoms with van der Waals surface area (Å²) in [4.78, 5) is 4.73. The molecule has 0 amide bonds. The topological polar surface area (TPSA) is 63.0 Å². The average Bonchev–Trinajstić information content (AvgIpc) is 3.61. The van der Waals surface area contributed by atoms with Gasteiger partial charge in [0.05, 0.1) is 17.9 Å². The average molecular weight is 481 g/mol. The van der Waals surface area contributed by atoms with Gasteiger partial charge in [0.25, 0.3) is 0 Å². The van der Waals surface area contributed by atoms with Gasteiger partial charge in [-0.2, -0.15) is 0 Å². The highest BCUT2D eigenvalue weighted by Crippen LogP contribution is 2.35. The Bertz CT molecular complexity index is 1050. The molecule has 35 heavy (non-hydrogen) atoms. The first-order valence-electron chi connectivity index (χ1n) is 13.1. The molecule has 1 atom stereocenters. The SMILES string of the molecule is COC1C=CC(CN2CCC(CCc3noc4c(CN(C)C)c(OCC5CC5)ccc34)CC2)=CN1. The number of fused-ring (bicyclic) bond motifs is 1. The number of aryl methyl sites for hydroxylation is 1. The largest absolute Gasteiger partial charge is 0.493 e. The van der Waals surface area contributed by atoms with E-state index in [0.717, 1.165) is 85.4 Å². The first kappa shape index (κ1) is 24.3. The maximum Gasteiger partial charge on any atom is 0.175 e. The maximum absolute atomic E-state index is 6.17. The molecule has 2 aliphatic heterocycles. The minimum atomic E-state index is -0.00193. The molecule has 1 aliphatic carbocycles. The molecule has 0 spiro atoms. The molecule has 1 saturated carbocycles. The van der Waals surface area contributed by atoms with Crippen molar-refractivity contribution in [3.8, 4) is 5.75 Å². The van der Waals surface area contributed by atoms with Crippen LogP contribution in [0.5, 0.6) is 5.75 Å². The number of aromatic nitrogens is 1. The molecule has 1 unspecified atom stereocenters. The highest BCUT2D eigenvalue weighted by Gasteiger charge is 2.25. The molecule has 3 heterocycles. The third kappa shape index (κ3) is 6.26. The van der Waals surface area contributed by atoms with E-state index in [0.29, 0.717) is 0 Å². The van der Waals surface area contributed by atoms with E-state index in [4.69, 9.17) is 14.0 Å². The zero-order valence-corrected chi connectivity index (χ0v) is 21.5. The van der Waals surface area contributed by atoms with E-state index in [1.807, 2.05) is 0 Å². The highest BCUT2D eigenvalue weighted by molar-refractivity contribution is 5.84. The molecule has 1 aromatic heterocycles. The lowest BCUT2D eigenvalue weighted by Gasteiger charge is -2.32. The first-order chi connectivity index (χ1) is 17.1. The fourth-order valence-electron chi connectivity index (χ4n) is 5.15. The third-order valence-electron chi connectivity index (χ3n) is 7.50. The number of rotatable bonds is 11. The molecule has 2 aromatic rings. The number of nitrogens with zero attached hydrogens (tertiary/aromatic N) is 3. The van der Waals surface area contributed by atoms with Gasteiger partial charge in [-0.25, -0.2) is 0 Å². The molecule has 7 nitrogen and oxygen atoms in total. The second-order valence-electron chi connectivity index (χ2n) is 10.7. The monoisotopic (exact) mass is 480 g/mol. The van der Waals surface area contributed by atoms with Gasteiger partial charge in [0.2, 0.25) is 0 Å². The van der Waals surface area contributed by atoms with Crippen molar-refractivity contribution in [1.29, 1.82) is 0 Å². The molecule has 190 valence electrons. The lowest BCUT2D eigenvalue weighted by atomic mass is 9.91. The highest BCUT2D eigenvalue weighted by atomic mass is 16.5. The molecule has 3 aliphatic rings. The standard InChI is InChI=1S/C28H40N4O3/c1-31(2)18-24-26(34-19-21-4-5-21)10-8-23-25(30-35-28(23)24)9-6-20-12-14-32(15-13-20)17-22-7-11-27(33-3)29-16-22/h7-8,10-11,16,20-21,27,29H,4-6,9,12-15,17-19H2,1-3H3. The smallest absolute Gasteiger partial charge is 0.175 e. The minimum absolute atomic E-state index is 0.00193. The Labute approximate surface area is 209 Å². The summed E-state index contributed by atoms with van der Waals surface area (Å²) in [7, 11) is 5.89. The van der Waals surface area contributed by atoms with Crippen molar-refractivity contribution in [2.75, 3.05) is 47.4 Å². The summed E-state index contributed by atoms with van der Waals surface area (Å²) in [5, 5.41) is 8.93. The molecule has 0 bridgehead atoms. The van der Waals surface area contributed by atoms with Crippen LogP contribution < -0.4 is 10.1 Å². The van der Waals surface area contributed by atoms with Gasteiger partial charge in [0.15, 0.2) is 5.58 Å². The zero-order valence-electron chi connectivity index (χ0n) is 21.5. The van der Waals surface area contributed by atoms with Gasteiger partial charge in [-0.3, -0.25) is 4.90 Å². The summed E-state index contributed by atoms with van der Waals surface area (Å²) >= 11 is 0. The lowest BCUT2D eigenvalue weighted by molar-refractivity contribution is 0.122. The van der Waals surface area contributed by atoms with Crippen LogP contribution in [0.2, 0.25) is 0 Å². The van der Waals surface area contributed by atoms with Gasteiger partial charge in [0.1, 0.15) is 12.0 Å². The van der Waals surface area contributed by atoms with Crippen molar-refractivity contribution >= 4 is 11.0 Å². The second-order valence-corrected chi connectivity index (χ2v) is 10.7. The summed E-state index contributed by atoms with van der Waals surface area (Å²) in [6.45, 7) is 4.90. The molecule has 0 radical (unpaired) electrons. The molecular formula is C28H40N4O3. The van der Waals surface area contributed by atoms with Crippen LogP contribution in [0.3, 0.4) is 0 Å². The molecule has 1 saturated heterocycles. The Hall–Kier alpha value is -2.35. The van der Waals surface area contributed by atoms with Crippen LogP contribution in [0, 0.1) is 11.8 Å². The number of ether oxygens (including phenoxy) is 2. The summed E-state index contributed by atoms with van der Waals surface area (Å²) in [6, 6.07) is 4.28. The van der Waals surface area contributed by atoms with Crippen LogP contribution in [0.25, 0.3) is 11.0 Å². The van der Waals surface area contributed by atoms with Gasteiger partial charge in [0, 0.05) is 31.8 Å². The second kappa shape index (κ2) is 11.1. The Morgan fingerprint density at radius 2 is 1.97 bits per heavy atom. The van der Waals surface area contributed by atoms with Gasteiger partial charge in [-0.15, -0.1) is 0 Å². The zero-order chi connectivity index (χ0) is 24.2. The Morgan fingerprint density at radius 1 is 1.14 bits per heavy atom. The van der Waals surface area contributed by atoms with Crippen LogP contribution >= 0.6 is 0 Å². The number of piperidine rings is 1. The maximum atomic E-state index is 6.17. The number of likely N-dealkylation sites (tertiary alicyclic amines) is 1. The van der Waals surface area contributed by atoms with E-state index in [1.165, 1.54) is 31.3 Å². The van der Waals surface area contributed by atoms with Crippen molar-refractivity contribution in [2.24, 2.45) is 11.8 Å². The van der Waals surface area contributed by atoms with Gasteiger partial charge in [-0.05, 0) is 101 Å². The van der Waals surface area contributed by atoms with E-state index in [1.54, 1.807) is 7.11 Å². The van der Waals surface area contributed by atoms with E-state index >= 15 is 0 Å². The van der Waals surface area contributed by atoms with Crippen LogP contribution in [0.4, 0.5) is 0 Å². The number of dihydropyridines is 1. The van der Waals surface area contributed by atoms with Gasteiger partial charge < -0.3 is 24.2 Å². The third-order valence-corrected chi connectivity index (χ3v) is 7.50. The molecule has 2 fully saturated rings. The number of hydrogen-bond acceptors (Lipinski definition) is 7. The normalized spacial score (nSPS) is 21.5. The van der Waals surface area contributed by atoms with Crippen LogP contribution in [-0.2, 0) is 17.7 Å². The molecule has 1 N–H and O–H groups in total. The van der Waals surface area contributed by atoms with Gasteiger partial charge >= 0.3 is 0 Å². The molecule has 7 heteroatoms. The summed E-state index contributed by atoms with van der Waals surface area (Å²) in [6.07, 6.45) is 13.5. The van der Waals surface area contributed by atoms with Crippen molar-refractivity contribution in [3.05, 3.63) is 47.3 Å². The Morgan fingerprint density at radius 3 is 2.66 bits per heavy atom. The number of benzene rings is 1. The van der Waals surface area contributed by atoms with Crippen LogP contribution in [-0.4, -0.2) is 68.6 Å². The molecule has 5 rings (SSSR count). The quantitative estimate of drug-likeness (QED) is 0.513. The van der Waals surface area contributed by atoms with Gasteiger partial charge in [-0.1, -0.05) is 11.2 Å². The Kier molecular flexibility index (Phi) is 7.75. The van der Waals surface area contributed by atoms with Crippen molar-refractivity contribution < 1.29 is 14.0 Å². The van der Waals surface area contributed by atoms with Crippen molar-refractivity contribution in [3.63, 3.8) is 0 Å². The lowest BCUT2D eigenvalue weighted by Crippen LogP contribution is -2.36. The summed E-state index contributed by atoms with van der Waals surface area (Å²) < 4.78 is 17.4. The Balaban J connectivity index is 1.15. The molecule has 1 aromatic carbocycles. The van der Waals surface area contributed by atoms with Crippen molar-refractivity contribution in [1.82, 2.24) is 20.3 Å². The first-order valence-corrected chi connectivity index (χ1v) is 13.1.